The fourth-order valence-corrected chi connectivity index (χ4v) is 3.40. The Hall–Kier alpha value is -3.41. The van der Waals surface area contributed by atoms with Gasteiger partial charge in [0.1, 0.15) is 6.04 Å². The molecule has 0 fully saturated rings. The van der Waals surface area contributed by atoms with Crippen LogP contribution in [0.1, 0.15) is 27.0 Å². The van der Waals surface area contributed by atoms with Crippen LogP contribution in [-0.4, -0.2) is 46.5 Å². The maximum atomic E-state index is 13.0. The molecule has 3 rings (SSSR count). The first-order valence-corrected chi connectivity index (χ1v) is 9.39. The molecular formula is C23H25N3O3. The molecular weight excluding hydrogens is 366 g/mol. The number of esters is 1. The van der Waals surface area contributed by atoms with Crippen molar-refractivity contribution in [3.05, 3.63) is 83.4 Å². The van der Waals surface area contributed by atoms with Gasteiger partial charge < -0.3 is 14.2 Å². The molecule has 6 nitrogen and oxygen atoms in total. The van der Waals surface area contributed by atoms with Crippen molar-refractivity contribution in [1.29, 1.82) is 0 Å². The van der Waals surface area contributed by atoms with Gasteiger partial charge in [0.25, 0.3) is 5.91 Å². The molecule has 1 aromatic heterocycles. The van der Waals surface area contributed by atoms with E-state index < -0.39 is 12.0 Å². The molecule has 29 heavy (non-hydrogen) atoms. The summed E-state index contributed by atoms with van der Waals surface area (Å²) in [6, 6.07) is 12.8. The van der Waals surface area contributed by atoms with E-state index in [-0.39, 0.29) is 5.91 Å². The van der Waals surface area contributed by atoms with Crippen molar-refractivity contribution >= 4 is 11.9 Å². The van der Waals surface area contributed by atoms with Crippen LogP contribution in [0, 0.1) is 13.8 Å². The van der Waals surface area contributed by atoms with Crippen LogP contribution in [0.15, 0.2) is 61.2 Å². The lowest BCUT2D eigenvalue weighted by molar-refractivity contribution is -0.145. The summed E-state index contributed by atoms with van der Waals surface area (Å²) in [5, 5.41) is 0. The van der Waals surface area contributed by atoms with E-state index in [1.54, 1.807) is 19.6 Å². The fraction of sp³-hybridized carbons (Fsp3) is 0.261. The van der Waals surface area contributed by atoms with E-state index in [0.717, 1.165) is 22.4 Å². The Morgan fingerprint density at radius 3 is 2.31 bits per heavy atom. The highest BCUT2D eigenvalue weighted by Gasteiger charge is 2.29. The molecule has 1 heterocycles. The summed E-state index contributed by atoms with van der Waals surface area (Å²) in [5.74, 6) is -0.647. The van der Waals surface area contributed by atoms with Crippen LogP contribution >= 0.6 is 0 Å². The predicted molar refractivity (Wildman–Crippen MR) is 111 cm³/mol. The third kappa shape index (κ3) is 4.71. The molecule has 0 bridgehead atoms. The highest BCUT2D eigenvalue weighted by Crippen LogP contribution is 2.17. The van der Waals surface area contributed by atoms with Gasteiger partial charge in [-0.3, -0.25) is 4.79 Å². The third-order valence-electron chi connectivity index (χ3n) is 4.90. The number of ether oxygens (including phenoxy) is 1. The number of nitrogens with zero attached hydrogens (tertiary/aromatic N) is 3. The zero-order valence-corrected chi connectivity index (χ0v) is 17.1. The molecule has 1 amide bonds. The topological polar surface area (TPSA) is 64.4 Å². The van der Waals surface area contributed by atoms with Crippen molar-refractivity contribution in [1.82, 2.24) is 14.5 Å². The summed E-state index contributed by atoms with van der Waals surface area (Å²) in [4.78, 5) is 31.0. The van der Waals surface area contributed by atoms with Crippen LogP contribution < -0.4 is 0 Å². The van der Waals surface area contributed by atoms with Crippen molar-refractivity contribution in [3.8, 4) is 5.69 Å². The lowest BCUT2D eigenvalue weighted by Gasteiger charge is -2.26. The van der Waals surface area contributed by atoms with Crippen molar-refractivity contribution < 1.29 is 14.3 Å². The lowest BCUT2D eigenvalue weighted by Crippen LogP contribution is -2.44. The number of rotatable bonds is 6. The summed E-state index contributed by atoms with van der Waals surface area (Å²) >= 11 is 0. The molecule has 0 spiro atoms. The Morgan fingerprint density at radius 2 is 1.76 bits per heavy atom. The van der Waals surface area contributed by atoms with E-state index in [0.29, 0.717) is 12.0 Å². The molecule has 0 aliphatic heterocycles. The second-order valence-electron chi connectivity index (χ2n) is 7.17. The van der Waals surface area contributed by atoms with Crippen LogP contribution in [0.4, 0.5) is 0 Å². The number of imidazole rings is 1. The van der Waals surface area contributed by atoms with Gasteiger partial charge in [-0.05, 0) is 43.7 Å². The summed E-state index contributed by atoms with van der Waals surface area (Å²) in [6.45, 7) is 3.90. The number of methoxy groups -OCH3 is 1. The van der Waals surface area contributed by atoms with Crippen LogP contribution in [0.2, 0.25) is 0 Å². The van der Waals surface area contributed by atoms with Gasteiger partial charge in [-0.1, -0.05) is 29.3 Å². The van der Waals surface area contributed by atoms with Crippen LogP contribution in [-0.2, 0) is 16.0 Å². The highest BCUT2D eigenvalue weighted by molar-refractivity contribution is 5.97. The molecule has 0 radical (unpaired) electrons. The molecule has 3 aromatic rings. The van der Waals surface area contributed by atoms with Gasteiger partial charge in [0.05, 0.1) is 13.4 Å². The molecule has 2 aromatic carbocycles. The normalized spacial score (nSPS) is 11.7. The van der Waals surface area contributed by atoms with Crippen molar-refractivity contribution in [2.75, 3.05) is 14.2 Å². The zero-order chi connectivity index (χ0) is 21.0. The molecule has 0 aliphatic carbocycles. The van der Waals surface area contributed by atoms with Gasteiger partial charge in [0, 0.05) is 37.1 Å². The maximum absolute atomic E-state index is 13.0. The number of carbonyl (C=O) groups excluding carboxylic acids is 2. The first-order valence-electron chi connectivity index (χ1n) is 9.39. The minimum absolute atomic E-state index is 0.206. The first kappa shape index (κ1) is 20.3. The monoisotopic (exact) mass is 391 g/mol. The number of hydrogen-bond donors (Lipinski definition) is 0. The van der Waals surface area contributed by atoms with Gasteiger partial charge in [-0.25, -0.2) is 9.78 Å². The number of aromatic nitrogens is 2. The van der Waals surface area contributed by atoms with Gasteiger partial charge in [0.15, 0.2) is 0 Å². The quantitative estimate of drug-likeness (QED) is 0.605. The van der Waals surface area contributed by atoms with Gasteiger partial charge in [-0.15, -0.1) is 0 Å². The average molecular weight is 391 g/mol. The van der Waals surface area contributed by atoms with E-state index >= 15 is 0 Å². The Morgan fingerprint density at radius 1 is 1.10 bits per heavy atom. The second-order valence-corrected chi connectivity index (χ2v) is 7.17. The van der Waals surface area contributed by atoms with Gasteiger partial charge in [-0.2, -0.15) is 0 Å². The van der Waals surface area contributed by atoms with E-state index in [9.17, 15) is 9.59 Å². The molecule has 0 saturated carbocycles. The third-order valence-corrected chi connectivity index (χ3v) is 4.90. The number of benzene rings is 2. The summed E-state index contributed by atoms with van der Waals surface area (Å²) in [7, 11) is 2.98. The van der Waals surface area contributed by atoms with E-state index in [1.165, 1.54) is 12.0 Å². The molecule has 150 valence electrons. The summed E-state index contributed by atoms with van der Waals surface area (Å²) in [5.41, 5.74) is 4.48. The lowest BCUT2D eigenvalue weighted by atomic mass is 10.0. The van der Waals surface area contributed by atoms with Crippen molar-refractivity contribution in [2.45, 2.75) is 26.3 Å². The minimum atomic E-state index is -0.715. The molecule has 0 aliphatic rings. The Kier molecular flexibility index (Phi) is 6.12. The Labute approximate surface area is 170 Å². The van der Waals surface area contributed by atoms with Crippen LogP contribution in [0.5, 0.6) is 0 Å². The molecule has 0 unspecified atom stereocenters. The van der Waals surface area contributed by atoms with Crippen molar-refractivity contribution in [3.63, 3.8) is 0 Å². The van der Waals surface area contributed by atoms with E-state index in [4.69, 9.17) is 4.74 Å². The van der Waals surface area contributed by atoms with Crippen LogP contribution in [0.25, 0.3) is 5.69 Å². The highest BCUT2D eigenvalue weighted by atomic mass is 16.5. The standard InChI is InChI=1S/C23H25N3O3/c1-16-11-17(2)13-19(12-16)22(27)25(3)21(23(28)29-4)14-18-5-7-20(8-6-18)26-10-9-24-15-26/h5-13,15,21H,14H2,1-4H3/t21-/m0/s1. The molecule has 0 saturated heterocycles. The number of amides is 1. The second kappa shape index (κ2) is 8.73. The van der Waals surface area contributed by atoms with Crippen LogP contribution in [0.3, 0.4) is 0 Å². The first-order chi connectivity index (χ1) is 13.9. The number of carbonyl (C=O) groups is 2. The number of hydrogen-bond acceptors (Lipinski definition) is 4. The predicted octanol–water partition coefficient (Wildman–Crippen LogP) is 3.35. The summed E-state index contributed by atoms with van der Waals surface area (Å²) < 4.78 is 6.88. The fourth-order valence-electron chi connectivity index (χ4n) is 3.40. The van der Waals surface area contributed by atoms with Crippen molar-refractivity contribution in [2.24, 2.45) is 0 Å². The smallest absolute Gasteiger partial charge is 0.328 e. The number of aryl methyl sites for hydroxylation is 2. The Balaban J connectivity index is 1.82. The zero-order valence-electron chi connectivity index (χ0n) is 17.1. The van der Waals surface area contributed by atoms with Gasteiger partial charge in [0.2, 0.25) is 0 Å². The average Bonchev–Trinajstić information content (AvgIpc) is 3.25. The maximum Gasteiger partial charge on any atom is 0.328 e. The van der Waals surface area contributed by atoms with E-state index in [1.807, 2.05) is 67.1 Å². The molecule has 1 atom stereocenters. The summed E-state index contributed by atoms with van der Waals surface area (Å²) in [6.07, 6.45) is 5.67. The van der Waals surface area contributed by atoms with E-state index in [2.05, 4.69) is 4.98 Å². The van der Waals surface area contributed by atoms with Gasteiger partial charge >= 0.3 is 5.97 Å². The number of likely N-dealkylation sites (N-methyl/N-ethyl adjacent to an activating group) is 1. The Bertz CT molecular complexity index is 974. The SMILES string of the molecule is COC(=O)[C@H](Cc1ccc(-n2ccnc2)cc1)N(C)C(=O)c1cc(C)cc(C)c1. The largest absolute Gasteiger partial charge is 0.467 e. The minimum Gasteiger partial charge on any atom is -0.467 e. The molecule has 0 N–H and O–H groups in total. The molecule has 6 heteroatoms.